The van der Waals surface area contributed by atoms with E-state index in [1.54, 1.807) is 24.3 Å². The molecule has 2 rings (SSSR count). The predicted molar refractivity (Wildman–Crippen MR) is 78.5 cm³/mol. The zero-order valence-corrected chi connectivity index (χ0v) is 12.5. The number of rotatable bonds is 5. The largest absolute Gasteiger partial charge is 0.362 e. The van der Waals surface area contributed by atoms with E-state index >= 15 is 0 Å². The van der Waals surface area contributed by atoms with Crippen molar-refractivity contribution in [3.05, 3.63) is 29.8 Å². The molecule has 0 radical (unpaired) electrons. The Morgan fingerprint density at radius 2 is 2.00 bits per heavy atom. The fourth-order valence-corrected chi connectivity index (χ4v) is 2.75. The number of primary amides is 1. The Balaban J connectivity index is 1.97. The lowest BCUT2D eigenvalue weighted by atomic mass is 10.1. The van der Waals surface area contributed by atoms with Crippen LogP contribution in [0.2, 0.25) is 0 Å². The summed E-state index contributed by atoms with van der Waals surface area (Å²) in [7, 11) is -4.59. The summed E-state index contributed by atoms with van der Waals surface area (Å²) in [5.74, 6) is -1.46. The van der Waals surface area contributed by atoms with Crippen LogP contribution in [0, 0.1) is 0 Å². The SMILES string of the molecule is NC(=O)Nc1ccccc1CC(=O)NC1CN(S(=O)(=O)O)C1=O. The summed E-state index contributed by atoms with van der Waals surface area (Å²) < 4.78 is 30.6. The van der Waals surface area contributed by atoms with Crippen LogP contribution in [0.5, 0.6) is 0 Å². The number of urea groups is 1. The molecule has 11 heteroatoms. The van der Waals surface area contributed by atoms with Crippen LogP contribution in [0.3, 0.4) is 0 Å². The molecule has 0 saturated carbocycles. The molecule has 1 heterocycles. The fraction of sp³-hybridized carbons (Fsp3) is 0.250. The minimum atomic E-state index is -4.59. The van der Waals surface area contributed by atoms with E-state index < -0.39 is 34.2 Å². The number of para-hydroxylation sites is 1. The van der Waals surface area contributed by atoms with Crippen molar-refractivity contribution in [2.24, 2.45) is 5.73 Å². The van der Waals surface area contributed by atoms with Crippen molar-refractivity contribution in [1.29, 1.82) is 0 Å². The Labute approximate surface area is 131 Å². The topological polar surface area (TPSA) is 159 Å². The number of carbonyl (C=O) groups is 3. The second-order valence-electron chi connectivity index (χ2n) is 4.79. The maximum atomic E-state index is 11.9. The number of β-lactam (4-membered cyclic amide) rings is 1. The summed E-state index contributed by atoms with van der Waals surface area (Å²) in [6.07, 6.45) is -0.147. The van der Waals surface area contributed by atoms with E-state index in [-0.39, 0.29) is 17.3 Å². The van der Waals surface area contributed by atoms with Crippen molar-refractivity contribution in [1.82, 2.24) is 9.62 Å². The van der Waals surface area contributed by atoms with E-state index in [1.165, 1.54) is 0 Å². The Kier molecular flexibility index (Phi) is 4.52. The van der Waals surface area contributed by atoms with Crippen molar-refractivity contribution in [2.45, 2.75) is 12.5 Å². The molecule has 0 aliphatic carbocycles. The van der Waals surface area contributed by atoms with Crippen molar-refractivity contribution >= 4 is 33.8 Å². The second-order valence-corrected chi connectivity index (χ2v) is 6.13. The normalized spacial score (nSPS) is 17.3. The molecule has 1 unspecified atom stereocenters. The summed E-state index contributed by atoms with van der Waals surface area (Å²) in [5.41, 5.74) is 5.86. The number of nitrogens with zero attached hydrogens (tertiary/aromatic N) is 1. The highest BCUT2D eigenvalue weighted by atomic mass is 32.2. The molecule has 1 aromatic rings. The maximum absolute atomic E-state index is 11.9. The Morgan fingerprint density at radius 1 is 1.35 bits per heavy atom. The van der Waals surface area contributed by atoms with Crippen molar-refractivity contribution in [3.63, 3.8) is 0 Å². The van der Waals surface area contributed by atoms with E-state index in [4.69, 9.17) is 10.3 Å². The molecular formula is C12H14N4O6S. The monoisotopic (exact) mass is 342 g/mol. The van der Waals surface area contributed by atoms with Gasteiger partial charge in [-0.25, -0.2) is 9.10 Å². The fourth-order valence-electron chi connectivity index (χ4n) is 2.06. The van der Waals surface area contributed by atoms with Crippen molar-refractivity contribution in [3.8, 4) is 0 Å². The molecular weight excluding hydrogens is 328 g/mol. The van der Waals surface area contributed by atoms with Crippen LogP contribution in [0.25, 0.3) is 0 Å². The summed E-state index contributed by atoms with van der Waals surface area (Å²) >= 11 is 0. The number of benzene rings is 1. The molecule has 0 aromatic heterocycles. The quantitative estimate of drug-likeness (QED) is 0.390. The smallest absolute Gasteiger partial charge is 0.351 e. The third-order valence-electron chi connectivity index (χ3n) is 3.13. The summed E-state index contributed by atoms with van der Waals surface area (Å²) in [4.78, 5) is 34.3. The zero-order valence-electron chi connectivity index (χ0n) is 11.7. The van der Waals surface area contributed by atoms with Gasteiger partial charge >= 0.3 is 16.3 Å². The highest BCUT2D eigenvalue weighted by Gasteiger charge is 2.44. The van der Waals surface area contributed by atoms with Gasteiger partial charge in [-0.1, -0.05) is 18.2 Å². The summed E-state index contributed by atoms with van der Waals surface area (Å²) in [5, 5.41) is 4.71. The van der Waals surface area contributed by atoms with Gasteiger partial charge in [-0.05, 0) is 11.6 Å². The number of carbonyl (C=O) groups excluding carboxylic acids is 3. The van der Waals surface area contributed by atoms with Crippen LogP contribution < -0.4 is 16.4 Å². The number of hydrogen-bond acceptors (Lipinski definition) is 5. The van der Waals surface area contributed by atoms with E-state index in [0.717, 1.165) is 0 Å². The van der Waals surface area contributed by atoms with Crippen molar-refractivity contribution in [2.75, 3.05) is 11.9 Å². The first kappa shape index (κ1) is 16.7. The van der Waals surface area contributed by atoms with Crippen LogP contribution >= 0.6 is 0 Å². The zero-order chi connectivity index (χ0) is 17.2. The lowest BCUT2D eigenvalue weighted by Gasteiger charge is -2.35. The molecule has 0 bridgehead atoms. The van der Waals surface area contributed by atoms with Gasteiger partial charge in [0.25, 0.3) is 5.91 Å². The van der Waals surface area contributed by atoms with Gasteiger partial charge in [-0.2, -0.15) is 8.42 Å². The molecule has 1 fully saturated rings. The predicted octanol–water partition coefficient (Wildman–Crippen LogP) is -1.15. The van der Waals surface area contributed by atoms with Gasteiger partial charge in [0.1, 0.15) is 6.04 Å². The van der Waals surface area contributed by atoms with Gasteiger partial charge in [-0.3, -0.25) is 14.1 Å². The standard InChI is InChI=1S/C12H14N4O6S/c13-12(19)15-8-4-2-1-3-7(8)5-10(17)14-9-6-16(11(9)18)23(20,21)22/h1-4,9H,5-6H2,(H,14,17)(H3,13,15,19)(H,20,21,22). The van der Waals surface area contributed by atoms with Crippen LogP contribution in [-0.2, 0) is 26.3 Å². The molecule has 1 saturated heterocycles. The molecule has 124 valence electrons. The number of nitrogens with two attached hydrogens (primary N) is 1. The summed E-state index contributed by atoms with van der Waals surface area (Å²) in [6.45, 7) is -0.329. The van der Waals surface area contributed by atoms with Gasteiger partial charge in [0.2, 0.25) is 5.91 Å². The van der Waals surface area contributed by atoms with E-state index in [1.807, 2.05) is 0 Å². The van der Waals surface area contributed by atoms with Crippen LogP contribution in [0.1, 0.15) is 5.56 Å². The first-order chi connectivity index (χ1) is 10.7. The summed E-state index contributed by atoms with van der Waals surface area (Å²) in [6, 6.07) is 4.66. The van der Waals surface area contributed by atoms with Gasteiger partial charge in [0, 0.05) is 5.69 Å². The molecule has 1 aliphatic rings. The van der Waals surface area contributed by atoms with Gasteiger partial charge in [-0.15, -0.1) is 0 Å². The first-order valence-corrected chi connectivity index (χ1v) is 7.81. The molecule has 0 spiro atoms. The van der Waals surface area contributed by atoms with Crippen LogP contribution in [0.4, 0.5) is 10.5 Å². The van der Waals surface area contributed by atoms with Gasteiger partial charge in [0.05, 0.1) is 13.0 Å². The van der Waals surface area contributed by atoms with Gasteiger partial charge in [0.15, 0.2) is 0 Å². The lowest BCUT2D eigenvalue weighted by Crippen LogP contribution is -2.65. The van der Waals surface area contributed by atoms with E-state index in [9.17, 15) is 22.8 Å². The van der Waals surface area contributed by atoms with Crippen LogP contribution in [0.15, 0.2) is 24.3 Å². The molecule has 10 nitrogen and oxygen atoms in total. The number of nitrogens with one attached hydrogen (secondary N) is 2. The minimum absolute atomic E-state index is 0.147. The Morgan fingerprint density at radius 3 is 2.57 bits per heavy atom. The minimum Gasteiger partial charge on any atom is -0.351 e. The van der Waals surface area contributed by atoms with Gasteiger partial charge < -0.3 is 16.4 Å². The van der Waals surface area contributed by atoms with Crippen LogP contribution in [-0.4, -0.2) is 47.7 Å². The first-order valence-electron chi connectivity index (χ1n) is 6.41. The third-order valence-corrected chi connectivity index (χ3v) is 4.02. The maximum Gasteiger partial charge on any atom is 0.362 e. The Hall–Kier alpha value is -2.66. The average Bonchev–Trinajstić information content (AvgIpc) is 2.43. The van der Waals surface area contributed by atoms with E-state index in [2.05, 4.69) is 10.6 Å². The van der Waals surface area contributed by atoms with Crippen molar-refractivity contribution < 1.29 is 27.4 Å². The number of amides is 4. The second kappa shape index (κ2) is 6.22. The molecule has 23 heavy (non-hydrogen) atoms. The number of anilines is 1. The number of hydrogen-bond donors (Lipinski definition) is 4. The molecule has 4 amide bonds. The highest BCUT2D eigenvalue weighted by molar-refractivity contribution is 7.84. The average molecular weight is 342 g/mol. The third kappa shape index (κ3) is 3.96. The molecule has 5 N–H and O–H groups in total. The molecule has 1 atom stereocenters. The van der Waals surface area contributed by atoms with E-state index in [0.29, 0.717) is 11.3 Å². The Bertz CT molecular complexity index is 763. The lowest BCUT2D eigenvalue weighted by molar-refractivity contribution is -0.140. The molecule has 1 aromatic carbocycles. The highest BCUT2D eigenvalue weighted by Crippen LogP contribution is 2.17. The molecule has 1 aliphatic heterocycles.